The number of hydrogen-bond donors (Lipinski definition) is 2. The Bertz CT molecular complexity index is 379. The number of anilines is 1. The minimum atomic E-state index is -0.675. The molecule has 0 bridgehead atoms. The number of nitrogens with one attached hydrogen (secondary N) is 1. The van der Waals surface area contributed by atoms with Gasteiger partial charge in [-0.3, -0.25) is 4.90 Å². The van der Waals surface area contributed by atoms with E-state index in [9.17, 15) is 5.11 Å². The van der Waals surface area contributed by atoms with Gasteiger partial charge in [-0.25, -0.2) is 0 Å². The highest BCUT2D eigenvalue weighted by Crippen LogP contribution is 2.45. The van der Waals surface area contributed by atoms with E-state index in [1.807, 2.05) is 31.3 Å². The lowest BCUT2D eigenvalue weighted by Gasteiger charge is -2.25. The molecule has 0 unspecified atom stereocenters. The smallest absolute Gasteiger partial charge is 0.126 e. The van der Waals surface area contributed by atoms with Crippen molar-refractivity contribution in [3.63, 3.8) is 0 Å². The standard InChI is InChI=1S/C11H14N2O/c1-13-7-6-11(14)8-4-2-3-5-9(8)12-10(11)13/h2-5,10,12,14H,6-7H2,1H3/t10-,11+/m1/s1. The maximum Gasteiger partial charge on any atom is 0.126 e. The number of rotatable bonds is 0. The molecule has 2 N–H and O–H groups in total. The number of likely N-dealkylation sites (tertiary alicyclic amines) is 1. The van der Waals surface area contributed by atoms with E-state index in [0.717, 1.165) is 24.2 Å². The van der Waals surface area contributed by atoms with E-state index in [4.69, 9.17) is 0 Å². The fraction of sp³-hybridized carbons (Fsp3) is 0.455. The second kappa shape index (κ2) is 2.49. The lowest BCUT2D eigenvalue weighted by Crippen LogP contribution is -2.41. The summed E-state index contributed by atoms with van der Waals surface area (Å²) >= 11 is 0. The Morgan fingerprint density at radius 1 is 1.50 bits per heavy atom. The van der Waals surface area contributed by atoms with Crippen LogP contribution in [0.25, 0.3) is 0 Å². The first-order valence-corrected chi connectivity index (χ1v) is 5.00. The van der Waals surface area contributed by atoms with Crippen LogP contribution in [0.1, 0.15) is 12.0 Å². The van der Waals surface area contributed by atoms with E-state index in [0.29, 0.717) is 0 Å². The Kier molecular flexibility index (Phi) is 1.47. The summed E-state index contributed by atoms with van der Waals surface area (Å²) in [5, 5.41) is 13.9. The molecule has 1 aromatic rings. The van der Waals surface area contributed by atoms with Crippen LogP contribution in [0.3, 0.4) is 0 Å². The number of nitrogens with zero attached hydrogens (tertiary/aromatic N) is 1. The van der Waals surface area contributed by atoms with Crippen molar-refractivity contribution in [2.45, 2.75) is 18.2 Å². The van der Waals surface area contributed by atoms with Gasteiger partial charge in [-0.15, -0.1) is 0 Å². The van der Waals surface area contributed by atoms with Crippen molar-refractivity contribution in [1.29, 1.82) is 0 Å². The number of hydrogen-bond acceptors (Lipinski definition) is 3. The van der Waals surface area contributed by atoms with Crippen molar-refractivity contribution in [3.05, 3.63) is 29.8 Å². The Labute approximate surface area is 83.3 Å². The molecule has 74 valence electrons. The maximum atomic E-state index is 10.5. The Hall–Kier alpha value is -1.06. The van der Waals surface area contributed by atoms with Gasteiger partial charge in [0, 0.05) is 17.8 Å². The Morgan fingerprint density at radius 2 is 2.29 bits per heavy atom. The van der Waals surface area contributed by atoms with E-state index in [2.05, 4.69) is 10.2 Å². The molecule has 1 saturated heterocycles. The van der Waals surface area contributed by atoms with E-state index >= 15 is 0 Å². The summed E-state index contributed by atoms with van der Waals surface area (Å²) in [7, 11) is 2.04. The van der Waals surface area contributed by atoms with Crippen LogP contribution in [-0.4, -0.2) is 29.8 Å². The first kappa shape index (κ1) is 8.26. The monoisotopic (exact) mass is 190 g/mol. The SMILES string of the molecule is CN1CC[C@]2(O)c3ccccc3N[C@H]12. The fourth-order valence-corrected chi connectivity index (χ4v) is 2.62. The lowest BCUT2D eigenvalue weighted by molar-refractivity contribution is 0.0241. The number of benzene rings is 1. The van der Waals surface area contributed by atoms with Crippen LogP contribution in [0.5, 0.6) is 0 Å². The topological polar surface area (TPSA) is 35.5 Å². The average Bonchev–Trinajstić information content (AvgIpc) is 2.64. The number of para-hydroxylation sites is 1. The highest BCUT2D eigenvalue weighted by atomic mass is 16.3. The molecule has 3 rings (SSSR count). The van der Waals surface area contributed by atoms with Gasteiger partial charge in [-0.05, 0) is 19.5 Å². The molecule has 14 heavy (non-hydrogen) atoms. The number of fused-ring (bicyclic) bond motifs is 3. The van der Waals surface area contributed by atoms with E-state index in [-0.39, 0.29) is 6.17 Å². The van der Waals surface area contributed by atoms with Crippen molar-refractivity contribution in [1.82, 2.24) is 4.90 Å². The Balaban J connectivity index is 2.14. The minimum absolute atomic E-state index is 0.0555. The summed E-state index contributed by atoms with van der Waals surface area (Å²) < 4.78 is 0. The van der Waals surface area contributed by atoms with Crippen LogP contribution in [-0.2, 0) is 5.60 Å². The highest BCUT2D eigenvalue weighted by Gasteiger charge is 2.51. The maximum absolute atomic E-state index is 10.5. The second-order valence-corrected chi connectivity index (χ2v) is 4.25. The van der Waals surface area contributed by atoms with Crippen molar-refractivity contribution in [2.24, 2.45) is 0 Å². The molecular weight excluding hydrogens is 176 g/mol. The fourth-order valence-electron chi connectivity index (χ4n) is 2.62. The zero-order valence-corrected chi connectivity index (χ0v) is 8.20. The predicted octanol–water partition coefficient (Wildman–Crippen LogP) is 0.961. The zero-order valence-electron chi connectivity index (χ0n) is 8.20. The van der Waals surface area contributed by atoms with Crippen LogP contribution in [0.2, 0.25) is 0 Å². The molecular formula is C11H14N2O. The molecule has 0 amide bonds. The zero-order chi connectivity index (χ0) is 9.76. The van der Waals surface area contributed by atoms with E-state index in [1.54, 1.807) is 0 Å². The molecule has 2 heterocycles. The van der Waals surface area contributed by atoms with Crippen molar-refractivity contribution < 1.29 is 5.11 Å². The van der Waals surface area contributed by atoms with Gasteiger partial charge in [0.1, 0.15) is 11.8 Å². The molecule has 0 saturated carbocycles. The third-order valence-corrected chi connectivity index (χ3v) is 3.42. The molecule has 2 aliphatic rings. The lowest BCUT2D eigenvalue weighted by atomic mass is 9.93. The summed E-state index contributed by atoms with van der Waals surface area (Å²) in [6.07, 6.45) is 0.873. The summed E-state index contributed by atoms with van der Waals surface area (Å²) in [6.45, 7) is 0.947. The second-order valence-electron chi connectivity index (χ2n) is 4.25. The van der Waals surface area contributed by atoms with Crippen LogP contribution < -0.4 is 5.32 Å². The van der Waals surface area contributed by atoms with Crippen molar-refractivity contribution >= 4 is 5.69 Å². The first-order chi connectivity index (χ1) is 6.72. The molecule has 1 aromatic carbocycles. The van der Waals surface area contributed by atoms with Crippen molar-refractivity contribution in [2.75, 3.05) is 18.9 Å². The third-order valence-electron chi connectivity index (χ3n) is 3.42. The third kappa shape index (κ3) is 0.837. The van der Waals surface area contributed by atoms with Gasteiger partial charge in [-0.2, -0.15) is 0 Å². The molecule has 1 fully saturated rings. The molecule has 3 heteroatoms. The van der Waals surface area contributed by atoms with Gasteiger partial charge in [-0.1, -0.05) is 18.2 Å². The molecule has 0 radical (unpaired) electrons. The number of likely N-dealkylation sites (N-methyl/N-ethyl adjacent to an activating group) is 1. The van der Waals surface area contributed by atoms with Crippen LogP contribution in [0.15, 0.2) is 24.3 Å². The van der Waals surface area contributed by atoms with Crippen LogP contribution in [0.4, 0.5) is 5.69 Å². The van der Waals surface area contributed by atoms with Crippen molar-refractivity contribution in [3.8, 4) is 0 Å². The molecule has 0 aromatic heterocycles. The van der Waals surface area contributed by atoms with Gasteiger partial charge in [0.15, 0.2) is 0 Å². The largest absolute Gasteiger partial charge is 0.381 e. The van der Waals surface area contributed by atoms with Gasteiger partial charge in [0.25, 0.3) is 0 Å². The van der Waals surface area contributed by atoms with Gasteiger partial charge < -0.3 is 10.4 Å². The van der Waals surface area contributed by atoms with Gasteiger partial charge in [0.05, 0.1) is 0 Å². The van der Waals surface area contributed by atoms with Gasteiger partial charge in [0.2, 0.25) is 0 Å². The number of aliphatic hydroxyl groups is 1. The predicted molar refractivity (Wildman–Crippen MR) is 55.0 cm³/mol. The average molecular weight is 190 g/mol. The minimum Gasteiger partial charge on any atom is -0.381 e. The molecule has 0 spiro atoms. The summed E-state index contributed by atoms with van der Waals surface area (Å²) in [4.78, 5) is 2.17. The van der Waals surface area contributed by atoms with Crippen LogP contribution >= 0.6 is 0 Å². The van der Waals surface area contributed by atoms with Crippen LogP contribution in [0, 0.1) is 0 Å². The molecule has 0 aliphatic carbocycles. The normalized spacial score (nSPS) is 35.1. The van der Waals surface area contributed by atoms with E-state index in [1.165, 1.54) is 0 Å². The van der Waals surface area contributed by atoms with Gasteiger partial charge >= 0.3 is 0 Å². The summed E-state index contributed by atoms with van der Waals surface area (Å²) in [5.74, 6) is 0. The first-order valence-electron chi connectivity index (χ1n) is 5.00. The Morgan fingerprint density at radius 3 is 3.14 bits per heavy atom. The quantitative estimate of drug-likeness (QED) is 0.639. The highest BCUT2D eigenvalue weighted by molar-refractivity contribution is 5.61. The summed E-state index contributed by atoms with van der Waals surface area (Å²) in [5.41, 5.74) is 1.45. The van der Waals surface area contributed by atoms with E-state index < -0.39 is 5.60 Å². The molecule has 2 aliphatic heterocycles. The molecule has 2 atom stereocenters. The summed E-state index contributed by atoms with van der Waals surface area (Å²) in [6, 6.07) is 8.02. The molecule has 3 nitrogen and oxygen atoms in total.